The SMILES string of the molecule is CCOc1ccc(OCC(=O)NCC(c2ccccc2OC)N2CCCC2)cc1. The molecule has 6 nitrogen and oxygen atoms in total. The molecule has 1 saturated heterocycles. The van der Waals surface area contributed by atoms with E-state index in [0.29, 0.717) is 18.9 Å². The summed E-state index contributed by atoms with van der Waals surface area (Å²) < 4.78 is 16.6. The minimum absolute atomic E-state index is 0.0212. The molecule has 1 fully saturated rings. The Morgan fingerprint density at radius 1 is 1.03 bits per heavy atom. The van der Waals surface area contributed by atoms with Crippen molar-refractivity contribution in [3.63, 3.8) is 0 Å². The fraction of sp³-hybridized carbons (Fsp3) is 0.435. The van der Waals surface area contributed by atoms with E-state index < -0.39 is 0 Å². The van der Waals surface area contributed by atoms with Crippen LogP contribution in [0, 0.1) is 0 Å². The number of hydrogen-bond acceptors (Lipinski definition) is 5. The third-order valence-corrected chi connectivity index (χ3v) is 5.08. The highest BCUT2D eigenvalue weighted by Crippen LogP contribution is 2.31. The van der Waals surface area contributed by atoms with Gasteiger partial charge in [-0.1, -0.05) is 18.2 Å². The molecule has 3 rings (SSSR count). The average Bonchev–Trinajstić information content (AvgIpc) is 3.28. The van der Waals surface area contributed by atoms with Crippen molar-refractivity contribution in [3.05, 3.63) is 54.1 Å². The van der Waals surface area contributed by atoms with Crippen molar-refractivity contribution in [1.29, 1.82) is 0 Å². The highest BCUT2D eigenvalue weighted by molar-refractivity contribution is 5.77. The molecule has 0 aliphatic carbocycles. The van der Waals surface area contributed by atoms with Gasteiger partial charge in [-0.05, 0) is 63.2 Å². The molecular formula is C23H30N2O4. The maximum Gasteiger partial charge on any atom is 0.258 e. The van der Waals surface area contributed by atoms with Gasteiger partial charge in [0.2, 0.25) is 0 Å². The maximum absolute atomic E-state index is 12.4. The molecule has 1 amide bonds. The zero-order valence-corrected chi connectivity index (χ0v) is 17.2. The Kier molecular flexibility index (Phi) is 7.76. The number of nitrogens with one attached hydrogen (secondary N) is 1. The molecule has 1 atom stereocenters. The van der Waals surface area contributed by atoms with Crippen LogP contribution in [0.5, 0.6) is 17.2 Å². The number of ether oxygens (including phenoxy) is 3. The van der Waals surface area contributed by atoms with Crippen molar-refractivity contribution in [2.75, 3.05) is 40.0 Å². The smallest absolute Gasteiger partial charge is 0.258 e. The van der Waals surface area contributed by atoms with Crippen LogP contribution in [0.3, 0.4) is 0 Å². The van der Waals surface area contributed by atoms with Crippen LogP contribution in [0.15, 0.2) is 48.5 Å². The summed E-state index contributed by atoms with van der Waals surface area (Å²) in [6.45, 7) is 5.11. The molecule has 1 N–H and O–H groups in total. The molecule has 0 spiro atoms. The number of rotatable bonds is 10. The summed E-state index contributed by atoms with van der Waals surface area (Å²) in [4.78, 5) is 14.8. The number of methoxy groups -OCH3 is 1. The van der Waals surface area contributed by atoms with Crippen LogP contribution in [0.1, 0.15) is 31.4 Å². The maximum atomic E-state index is 12.4. The first-order valence-corrected chi connectivity index (χ1v) is 10.2. The highest BCUT2D eigenvalue weighted by atomic mass is 16.5. The van der Waals surface area contributed by atoms with Crippen molar-refractivity contribution in [2.24, 2.45) is 0 Å². The minimum atomic E-state index is -0.141. The molecule has 6 heteroatoms. The number of hydrogen-bond donors (Lipinski definition) is 1. The van der Waals surface area contributed by atoms with Gasteiger partial charge in [0.1, 0.15) is 17.2 Å². The van der Waals surface area contributed by atoms with E-state index in [1.165, 1.54) is 12.8 Å². The van der Waals surface area contributed by atoms with E-state index in [1.807, 2.05) is 37.3 Å². The summed E-state index contributed by atoms with van der Waals surface area (Å²) in [6, 6.07) is 15.4. The van der Waals surface area contributed by atoms with E-state index in [2.05, 4.69) is 16.3 Å². The zero-order valence-electron chi connectivity index (χ0n) is 17.2. The van der Waals surface area contributed by atoms with Gasteiger partial charge in [0.05, 0.1) is 19.8 Å². The molecule has 0 saturated carbocycles. The molecule has 1 aliphatic heterocycles. The Morgan fingerprint density at radius 2 is 1.69 bits per heavy atom. The van der Waals surface area contributed by atoms with Crippen molar-refractivity contribution >= 4 is 5.91 Å². The van der Waals surface area contributed by atoms with Crippen molar-refractivity contribution < 1.29 is 19.0 Å². The summed E-state index contributed by atoms with van der Waals surface area (Å²) >= 11 is 0. The number of para-hydroxylation sites is 1. The molecular weight excluding hydrogens is 368 g/mol. The van der Waals surface area contributed by atoms with Gasteiger partial charge in [-0.25, -0.2) is 0 Å². The molecule has 0 aromatic heterocycles. The molecule has 1 aliphatic rings. The van der Waals surface area contributed by atoms with E-state index >= 15 is 0 Å². The Bertz CT molecular complexity index is 773. The topological polar surface area (TPSA) is 60.0 Å². The van der Waals surface area contributed by atoms with Crippen LogP contribution >= 0.6 is 0 Å². The van der Waals surface area contributed by atoms with Crippen LogP contribution in [-0.4, -0.2) is 50.8 Å². The van der Waals surface area contributed by atoms with E-state index in [9.17, 15) is 4.79 Å². The van der Waals surface area contributed by atoms with E-state index in [4.69, 9.17) is 14.2 Å². The van der Waals surface area contributed by atoms with Gasteiger partial charge in [-0.3, -0.25) is 9.69 Å². The van der Waals surface area contributed by atoms with Gasteiger partial charge in [0.15, 0.2) is 6.61 Å². The van der Waals surface area contributed by atoms with Crippen LogP contribution in [-0.2, 0) is 4.79 Å². The summed E-state index contributed by atoms with van der Waals surface area (Å²) in [5, 5.41) is 3.03. The summed E-state index contributed by atoms with van der Waals surface area (Å²) in [5.74, 6) is 2.14. The molecule has 29 heavy (non-hydrogen) atoms. The number of benzene rings is 2. The van der Waals surface area contributed by atoms with Gasteiger partial charge in [-0.15, -0.1) is 0 Å². The fourth-order valence-corrected chi connectivity index (χ4v) is 3.64. The number of nitrogens with zero attached hydrogens (tertiary/aromatic N) is 1. The first kappa shape index (κ1) is 21.0. The molecule has 1 unspecified atom stereocenters. The van der Waals surface area contributed by atoms with Crippen molar-refractivity contribution in [1.82, 2.24) is 10.2 Å². The standard InChI is InChI=1S/C23H30N2O4/c1-3-28-18-10-12-19(13-11-18)29-17-23(26)24-16-21(25-14-6-7-15-25)20-8-4-5-9-22(20)27-2/h4-5,8-13,21H,3,6-7,14-17H2,1-2H3,(H,24,26). The first-order chi connectivity index (χ1) is 14.2. The lowest BCUT2D eigenvalue weighted by molar-refractivity contribution is -0.123. The minimum Gasteiger partial charge on any atom is -0.496 e. The van der Waals surface area contributed by atoms with Crippen LogP contribution < -0.4 is 19.5 Å². The normalized spacial score (nSPS) is 15.0. The second-order valence-corrected chi connectivity index (χ2v) is 7.00. The Hall–Kier alpha value is -2.73. The predicted octanol–water partition coefficient (Wildman–Crippen LogP) is 3.43. The Morgan fingerprint density at radius 3 is 2.34 bits per heavy atom. The van der Waals surface area contributed by atoms with E-state index in [1.54, 1.807) is 19.2 Å². The van der Waals surface area contributed by atoms with E-state index in [0.717, 1.165) is 30.2 Å². The molecule has 1 heterocycles. The summed E-state index contributed by atoms with van der Waals surface area (Å²) in [6.07, 6.45) is 2.36. The number of carbonyl (C=O) groups is 1. The van der Waals surface area contributed by atoms with Crippen LogP contribution in [0.4, 0.5) is 0 Å². The molecule has 2 aromatic carbocycles. The average molecular weight is 399 g/mol. The van der Waals surface area contributed by atoms with Gasteiger partial charge < -0.3 is 19.5 Å². The lowest BCUT2D eigenvalue weighted by Crippen LogP contribution is -2.38. The quantitative estimate of drug-likeness (QED) is 0.664. The predicted molar refractivity (Wildman–Crippen MR) is 113 cm³/mol. The largest absolute Gasteiger partial charge is 0.496 e. The van der Waals surface area contributed by atoms with Crippen LogP contribution in [0.2, 0.25) is 0 Å². The monoisotopic (exact) mass is 398 g/mol. The highest BCUT2D eigenvalue weighted by Gasteiger charge is 2.26. The lowest BCUT2D eigenvalue weighted by atomic mass is 10.0. The Labute approximate surface area is 172 Å². The molecule has 0 radical (unpaired) electrons. The second-order valence-electron chi connectivity index (χ2n) is 7.00. The summed E-state index contributed by atoms with van der Waals surface area (Å²) in [5.41, 5.74) is 1.10. The van der Waals surface area contributed by atoms with E-state index in [-0.39, 0.29) is 18.6 Å². The lowest BCUT2D eigenvalue weighted by Gasteiger charge is -2.29. The van der Waals surface area contributed by atoms with Crippen molar-refractivity contribution in [2.45, 2.75) is 25.8 Å². The Balaban J connectivity index is 1.56. The summed E-state index contributed by atoms with van der Waals surface area (Å²) in [7, 11) is 1.68. The number of carbonyl (C=O) groups excluding carboxylic acids is 1. The van der Waals surface area contributed by atoms with Gasteiger partial charge >= 0.3 is 0 Å². The molecule has 156 valence electrons. The molecule has 0 bridgehead atoms. The zero-order chi connectivity index (χ0) is 20.5. The molecule has 2 aromatic rings. The van der Waals surface area contributed by atoms with Gasteiger partial charge in [-0.2, -0.15) is 0 Å². The fourth-order valence-electron chi connectivity index (χ4n) is 3.64. The number of amides is 1. The number of likely N-dealkylation sites (tertiary alicyclic amines) is 1. The van der Waals surface area contributed by atoms with Gasteiger partial charge in [0, 0.05) is 12.1 Å². The van der Waals surface area contributed by atoms with Crippen molar-refractivity contribution in [3.8, 4) is 17.2 Å². The third kappa shape index (κ3) is 5.87. The third-order valence-electron chi connectivity index (χ3n) is 5.08. The first-order valence-electron chi connectivity index (χ1n) is 10.2. The van der Waals surface area contributed by atoms with Gasteiger partial charge in [0.25, 0.3) is 5.91 Å². The van der Waals surface area contributed by atoms with Crippen LogP contribution in [0.25, 0.3) is 0 Å². The second kappa shape index (κ2) is 10.7.